The number of ether oxygens (including phenoxy) is 1. The van der Waals surface area contributed by atoms with Gasteiger partial charge in [0.25, 0.3) is 5.89 Å². The summed E-state index contributed by atoms with van der Waals surface area (Å²) in [6, 6.07) is 7.44. The summed E-state index contributed by atoms with van der Waals surface area (Å²) in [5.41, 5.74) is 0.379. The molecule has 0 saturated carbocycles. The molecule has 10 nitrogen and oxygen atoms in total. The van der Waals surface area contributed by atoms with E-state index >= 15 is 4.39 Å². The summed E-state index contributed by atoms with van der Waals surface area (Å²) in [6.07, 6.45) is -0.909. The Balaban J connectivity index is 1.40. The lowest BCUT2D eigenvalue weighted by molar-refractivity contribution is 0.0188. The van der Waals surface area contributed by atoms with E-state index in [0.29, 0.717) is 42.7 Å². The number of carbonyl (C=O) groups is 1. The zero-order valence-corrected chi connectivity index (χ0v) is 21.6. The highest BCUT2D eigenvalue weighted by molar-refractivity contribution is 5.77. The van der Waals surface area contributed by atoms with E-state index in [2.05, 4.69) is 15.2 Å². The molecule has 0 spiro atoms. The second-order valence-electron chi connectivity index (χ2n) is 10.3. The molecule has 0 unspecified atom stereocenters. The van der Waals surface area contributed by atoms with Gasteiger partial charge >= 0.3 is 18.2 Å². The number of rotatable bonds is 5. The van der Waals surface area contributed by atoms with Crippen LogP contribution in [0.1, 0.15) is 57.7 Å². The van der Waals surface area contributed by atoms with Crippen molar-refractivity contribution < 1.29 is 27.1 Å². The molecule has 13 heteroatoms. The van der Waals surface area contributed by atoms with Crippen molar-refractivity contribution >= 4 is 17.1 Å². The minimum absolute atomic E-state index is 0.0214. The monoisotopic (exact) mass is 544 g/mol. The second kappa shape index (κ2) is 10.2. The summed E-state index contributed by atoms with van der Waals surface area (Å²) >= 11 is 0. The van der Waals surface area contributed by atoms with Gasteiger partial charge in [0.2, 0.25) is 5.89 Å². The Morgan fingerprint density at radius 1 is 1.15 bits per heavy atom. The number of piperidine rings is 1. The van der Waals surface area contributed by atoms with E-state index in [9.17, 15) is 18.4 Å². The van der Waals surface area contributed by atoms with Crippen molar-refractivity contribution in [3.05, 3.63) is 64.4 Å². The third-order valence-corrected chi connectivity index (χ3v) is 6.43. The van der Waals surface area contributed by atoms with Gasteiger partial charge in [0.15, 0.2) is 0 Å². The number of hydrogen-bond acceptors (Lipinski definition) is 7. The molecule has 4 aromatic rings. The first-order valence-corrected chi connectivity index (χ1v) is 12.5. The molecule has 206 valence electrons. The van der Waals surface area contributed by atoms with Gasteiger partial charge in [-0.05, 0) is 57.9 Å². The minimum atomic E-state index is -2.89. The van der Waals surface area contributed by atoms with Crippen LogP contribution in [-0.2, 0) is 11.3 Å². The van der Waals surface area contributed by atoms with E-state index in [1.165, 1.54) is 16.8 Å². The second-order valence-corrected chi connectivity index (χ2v) is 10.3. The van der Waals surface area contributed by atoms with Gasteiger partial charge in [-0.15, -0.1) is 10.2 Å². The molecular weight excluding hydrogens is 517 g/mol. The van der Waals surface area contributed by atoms with Crippen LogP contribution in [0.15, 0.2) is 45.7 Å². The van der Waals surface area contributed by atoms with Gasteiger partial charge in [0, 0.05) is 25.3 Å². The first-order valence-electron chi connectivity index (χ1n) is 12.5. The number of carbonyl (C=O) groups excluding carboxylic acids is 1. The fourth-order valence-corrected chi connectivity index (χ4v) is 4.67. The van der Waals surface area contributed by atoms with Gasteiger partial charge < -0.3 is 14.1 Å². The Morgan fingerprint density at radius 3 is 2.51 bits per heavy atom. The van der Waals surface area contributed by atoms with Crippen molar-refractivity contribution in [2.75, 3.05) is 13.1 Å². The fraction of sp³-hybridized carbons (Fsp3) is 0.423. The van der Waals surface area contributed by atoms with Crippen molar-refractivity contribution in [1.29, 1.82) is 0 Å². The molecule has 1 amide bonds. The molecule has 39 heavy (non-hydrogen) atoms. The predicted molar refractivity (Wildman–Crippen MR) is 134 cm³/mol. The molecule has 3 aromatic heterocycles. The smallest absolute Gasteiger partial charge is 0.410 e. The van der Waals surface area contributed by atoms with Crippen molar-refractivity contribution in [2.24, 2.45) is 0 Å². The highest BCUT2D eigenvalue weighted by Gasteiger charge is 2.30. The predicted octanol–water partition coefficient (Wildman–Crippen LogP) is 4.95. The lowest BCUT2D eigenvalue weighted by Gasteiger charge is -2.33. The maximum absolute atomic E-state index is 15.0. The number of benzene rings is 1. The molecule has 0 bridgehead atoms. The first-order chi connectivity index (χ1) is 18.5. The van der Waals surface area contributed by atoms with Crippen LogP contribution in [0.25, 0.3) is 22.5 Å². The number of hydrogen-bond donors (Lipinski definition) is 0. The van der Waals surface area contributed by atoms with Gasteiger partial charge in [0.1, 0.15) is 16.9 Å². The number of likely N-dealkylation sites (tertiary alicyclic amines) is 1. The number of fused-ring (bicyclic) bond motifs is 1. The van der Waals surface area contributed by atoms with E-state index in [4.69, 9.17) is 9.15 Å². The molecule has 1 aromatic carbocycles. The standard InChI is InChI=1S/C26H27F3N6O4/c1-26(2,3)39-25(37)33-11-9-17(10-12-33)35-19-6-4-5-18(27)20(19)34(24(35)36)14-16-8-7-15(13-30-16)22-31-32-23(38-22)21(28)29/h4-8,13,17,21H,9-12,14H2,1-3H3. The topological polar surface area (TPSA) is 108 Å². The number of nitrogens with zero attached hydrogens (tertiary/aromatic N) is 6. The van der Waals surface area contributed by atoms with E-state index in [1.807, 2.05) is 0 Å². The van der Waals surface area contributed by atoms with E-state index in [1.54, 1.807) is 54.5 Å². The van der Waals surface area contributed by atoms with Crippen LogP contribution in [0.2, 0.25) is 0 Å². The summed E-state index contributed by atoms with van der Waals surface area (Å²) < 4.78 is 53.9. The Morgan fingerprint density at radius 2 is 1.90 bits per heavy atom. The summed E-state index contributed by atoms with van der Waals surface area (Å²) in [5.74, 6) is -1.45. The summed E-state index contributed by atoms with van der Waals surface area (Å²) in [5, 5.41) is 6.90. The Kier molecular flexibility index (Phi) is 6.91. The van der Waals surface area contributed by atoms with E-state index in [0.717, 1.165) is 0 Å². The Bertz CT molecular complexity index is 1550. The molecular formula is C26H27F3N6O4. The summed E-state index contributed by atoms with van der Waals surface area (Å²) in [6.45, 7) is 6.19. The Labute approximate surface area is 221 Å². The van der Waals surface area contributed by atoms with E-state index < -0.39 is 35.5 Å². The van der Waals surface area contributed by atoms with Crippen LogP contribution in [0, 0.1) is 5.82 Å². The van der Waals surface area contributed by atoms with Crippen LogP contribution in [0.3, 0.4) is 0 Å². The summed E-state index contributed by atoms with van der Waals surface area (Å²) in [4.78, 5) is 32.0. The third kappa shape index (κ3) is 5.38. The van der Waals surface area contributed by atoms with Crippen molar-refractivity contribution in [1.82, 2.24) is 29.2 Å². The quantitative estimate of drug-likeness (QED) is 0.350. The van der Waals surface area contributed by atoms with Crippen LogP contribution in [-0.4, -0.2) is 54.0 Å². The normalized spacial score (nSPS) is 14.9. The van der Waals surface area contributed by atoms with Crippen LogP contribution >= 0.6 is 0 Å². The van der Waals surface area contributed by atoms with Crippen molar-refractivity contribution in [3.63, 3.8) is 0 Å². The maximum Gasteiger partial charge on any atom is 0.410 e. The van der Waals surface area contributed by atoms with Crippen molar-refractivity contribution in [3.8, 4) is 11.5 Å². The number of halogens is 3. The first kappa shape index (κ1) is 26.4. The largest absolute Gasteiger partial charge is 0.444 e. The van der Waals surface area contributed by atoms with Gasteiger partial charge in [-0.3, -0.25) is 14.1 Å². The highest BCUT2D eigenvalue weighted by atomic mass is 19.3. The van der Waals surface area contributed by atoms with Gasteiger partial charge in [-0.2, -0.15) is 8.78 Å². The number of aromatic nitrogens is 5. The van der Waals surface area contributed by atoms with Crippen LogP contribution < -0.4 is 5.69 Å². The van der Waals surface area contributed by atoms with Gasteiger partial charge in [-0.1, -0.05) is 6.07 Å². The average molecular weight is 545 g/mol. The van der Waals surface area contributed by atoms with Crippen LogP contribution in [0.5, 0.6) is 0 Å². The minimum Gasteiger partial charge on any atom is -0.444 e. The summed E-state index contributed by atoms with van der Waals surface area (Å²) in [7, 11) is 0. The number of alkyl halides is 2. The molecule has 5 rings (SSSR count). The molecule has 1 aliphatic rings. The lowest BCUT2D eigenvalue weighted by Crippen LogP contribution is -2.43. The molecule has 0 N–H and O–H groups in total. The lowest BCUT2D eigenvalue weighted by atomic mass is 10.0. The van der Waals surface area contributed by atoms with Gasteiger partial charge in [-0.25, -0.2) is 14.0 Å². The van der Waals surface area contributed by atoms with E-state index in [-0.39, 0.29) is 24.0 Å². The molecule has 0 aliphatic carbocycles. The third-order valence-electron chi connectivity index (χ3n) is 6.43. The highest BCUT2D eigenvalue weighted by Crippen LogP contribution is 2.28. The molecule has 0 atom stereocenters. The zero-order valence-electron chi connectivity index (χ0n) is 21.6. The van der Waals surface area contributed by atoms with Crippen LogP contribution in [0.4, 0.5) is 18.0 Å². The molecule has 1 fully saturated rings. The molecule has 1 saturated heterocycles. The molecule has 1 aliphatic heterocycles. The number of pyridine rings is 1. The zero-order chi connectivity index (χ0) is 27.9. The Hall–Kier alpha value is -4.16. The van der Waals surface area contributed by atoms with Crippen molar-refractivity contribution in [2.45, 2.75) is 58.2 Å². The van der Waals surface area contributed by atoms with Gasteiger partial charge in [0.05, 0.1) is 23.3 Å². The number of para-hydroxylation sites is 1. The number of amides is 1. The maximum atomic E-state index is 15.0. The SMILES string of the molecule is CC(C)(C)OC(=O)N1CCC(n2c(=O)n(Cc3ccc(-c4nnc(C(F)F)o4)cn3)c3c(F)cccc32)CC1. The fourth-order valence-electron chi connectivity index (χ4n) is 4.67. The molecule has 4 heterocycles. The number of imidazole rings is 1. The molecule has 0 radical (unpaired) electrons. The average Bonchev–Trinajstić information content (AvgIpc) is 3.48.